The van der Waals surface area contributed by atoms with Crippen LogP contribution in [-0.2, 0) is 15.1 Å². The molecule has 2 aliphatic heterocycles. The lowest BCUT2D eigenvalue weighted by molar-refractivity contribution is 0.0250. The summed E-state index contributed by atoms with van der Waals surface area (Å²) in [4.78, 5) is 5.42. The number of hydrogen-bond acceptors (Lipinski definition) is 4. The Bertz CT molecular complexity index is 408. The number of ether oxygens (including phenoxy) is 2. The van der Waals surface area contributed by atoms with Gasteiger partial charge in [-0.2, -0.15) is 5.48 Å². The zero-order valence-corrected chi connectivity index (χ0v) is 11.4. The molecule has 4 heteroatoms. The quantitative estimate of drug-likeness (QED) is 0.827. The van der Waals surface area contributed by atoms with Crippen molar-refractivity contribution >= 4 is 0 Å². The van der Waals surface area contributed by atoms with Gasteiger partial charge in [0.05, 0.1) is 32.0 Å². The van der Waals surface area contributed by atoms with E-state index in [1.165, 1.54) is 5.56 Å². The van der Waals surface area contributed by atoms with Crippen molar-refractivity contribution in [3.8, 4) is 5.75 Å². The lowest BCUT2D eigenvalue weighted by Crippen LogP contribution is -2.41. The van der Waals surface area contributed by atoms with Crippen LogP contribution in [-0.4, -0.2) is 26.4 Å². The van der Waals surface area contributed by atoms with E-state index in [0.29, 0.717) is 12.5 Å². The van der Waals surface area contributed by atoms with Gasteiger partial charge in [0.25, 0.3) is 0 Å². The van der Waals surface area contributed by atoms with E-state index in [0.717, 1.165) is 38.4 Å². The van der Waals surface area contributed by atoms with E-state index < -0.39 is 0 Å². The molecule has 2 atom stereocenters. The van der Waals surface area contributed by atoms with Crippen molar-refractivity contribution in [1.82, 2.24) is 5.48 Å². The Morgan fingerprint density at radius 1 is 1.32 bits per heavy atom. The third kappa shape index (κ3) is 2.36. The minimum Gasteiger partial charge on any atom is -0.494 e. The minimum absolute atomic E-state index is 0.165. The fourth-order valence-electron chi connectivity index (χ4n) is 2.76. The molecule has 1 N–H and O–H groups in total. The second-order valence-corrected chi connectivity index (χ2v) is 5.32. The molecule has 3 rings (SSSR count). The van der Waals surface area contributed by atoms with Crippen LogP contribution in [0.1, 0.15) is 25.3 Å². The van der Waals surface area contributed by atoms with E-state index in [1.54, 1.807) is 0 Å². The molecule has 0 spiro atoms. The van der Waals surface area contributed by atoms with E-state index in [4.69, 9.17) is 14.3 Å². The normalized spacial score (nSPS) is 29.4. The highest BCUT2D eigenvalue weighted by Crippen LogP contribution is 2.39. The summed E-state index contributed by atoms with van der Waals surface area (Å²) >= 11 is 0. The summed E-state index contributed by atoms with van der Waals surface area (Å²) in [6.45, 7) is 5.11. The summed E-state index contributed by atoms with van der Waals surface area (Å²) in [5.41, 5.74) is 4.21. The van der Waals surface area contributed by atoms with Crippen molar-refractivity contribution in [1.29, 1.82) is 0 Å². The molecule has 1 aromatic rings. The maximum atomic E-state index is 5.69. The average Bonchev–Trinajstić information content (AvgIpc) is 3.00. The lowest BCUT2D eigenvalue weighted by Gasteiger charge is -2.26. The first-order chi connectivity index (χ1) is 9.35. The largest absolute Gasteiger partial charge is 0.494 e. The predicted octanol–water partition coefficient (Wildman–Crippen LogP) is 2.24. The van der Waals surface area contributed by atoms with Crippen LogP contribution < -0.4 is 10.2 Å². The van der Waals surface area contributed by atoms with Gasteiger partial charge in [-0.25, -0.2) is 0 Å². The molecule has 2 fully saturated rings. The van der Waals surface area contributed by atoms with Crippen LogP contribution in [0.5, 0.6) is 5.75 Å². The molecule has 0 aliphatic carbocycles. The van der Waals surface area contributed by atoms with E-state index in [1.807, 2.05) is 12.1 Å². The Morgan fingerprint density at radius 3 is 2.95 bits per heavy atom. The molecule has 104 valence electrons. The summed E-state index contributed by atoms with van der Waals surface area (Å²) in [5.74, 6) is 1.34. The van der Waals surface area contributed by atoms with E-state index in [9.17, 15) is 0 Å². The van der Waals surface area contributed by atoms with Crippen LogP contribution in [0.4, 0.5) is 0 Å². The number of unbranched alkanes of at least 4 members (excludes halogenated alkanes) is 1. The number of fused-ring (bicyclic) bond motifs is 1. The summed E-state index contributed by atoms with van der Waals surface area (Å²) in [6.07, 6.45) is 2.25. The molecule has 0 aromatic heterocycles. The number of hydroxylamine groups is 1. The predicted molar refractivity (Wildman–Crippen MR) is 71.9 cm³/mol. The molecule has 2 saturated heterocycles. The maximum absolute atomic E-state index is 5.69. The first-order valence-corrected chi connectivity index (χ1v) is 7.05. The molecule has 0 bridgehead atoms. The fraction of sp³-hybridized carbons (Fsp3) is 0.600. The van der Waals surface area contributed by atoms with Crippen molar-refractivity contribution in [3.05, 3.63) is 29.8 Å². The number of hydrogen-bond donors (Lipinski definition) is 1. The van der Waals surface area contributed by atoms with Crippen LogP contribution in [0.3, 0.4) is 0 Å². The molecule has 1 aromatic carbocycles. The minimum atomic E-state index is -0.165. The Kier molecular flexibility index (Phi) is 3.73. The van der Waals surface area contributed by atoms with Gasteiger partial charge in [-0.15, -0.1) is 0 Å². The molecule has 2 aliphatic rings. The van der Waals surface area contributed by atoms with Gasteiger partial charge in [0, 0.05) is 5.92 Å². The average molecular weight is 263 g/mol. The second kappa shape index (κ2) is 5.49. The standard InChI is InChI=1S/C15H21NO3/c1-2-3-8-18-14-6-4-12(5-7-14)15-11-17-9-13(15)10-19-16-15/h4-7,13,16H,2-3,8-11H2,1H3/t13?,15-/m1/s1. The Balaban J connectivity index is 1.72. The van der Waals surface area contributed by atoms with Gasteiger partial charge in [0.2, 0.25) is 0 Å². The zero-order valence-electron chi connectivity index (χ0n) is 11.4. The molecule has 0 amide bonds. The summed E-state index contributed by atoms with van der Waals surface area (Å²) in [5, 5.41) is 0. The SMILES string of the molecule is CCCCOc1ccc([C@]23COCC2CON3)cc1. The molecule has 0 saturated carbocycles. The van der Waals surface area contributed by atoms with Gasteiger partial charge < -0.3 is 14.3 Å². The van der Waals surface area contributed by atoms with Crippen molar-refractivity contribution in [2.75, 3.05) is 26.4 Å². The molecule has 1 unspecified atom stereocenters. The van der Waals surface area contributed by atoms with Crippen molar-refractivity contribution in [2.45, 2.75) is 25.3 Å². The van der Waals surface area contributed by atoms with Crippen LogP contribution in [0.25, 0.3) is 0 Å². The van der Waals surface area contributed by atoms with E-state index >= 15 is 0 Å². The highest BCUT2D eigenvalue weighted by molar-refractivity contribution is 5.34. The lowest BCUT2D eigenvalue weighted by atomic mass is 9.82. The van der Waals surface area contributed by atoms with Crippen LogP contribution in [0.2, 0.25) is 0 Å². The highest BCUT2D eigenvalue weighted by atomic mass is 16.7. The fourth-order valence-corrected chi connectivity index (χ4v) is 2.76. The number of rotatable bonds is 5. The Hall–Kier alpha value is -1.10. The summed E-state index contributed by atoms with van der Waals surface area (Å²) in [6, 6.07) is 8.31. The van der Waals surface area contributed by atoms with Gasteiger partial charge in [0.15, 0.2) is 0 Å². The zero-order chi connectivity index (χ0) is 13.1. The first-order valence-electron chi connectivity index (χ1n) is 7.05. The topological polar surface area (TPSA) is 39.7 Å². The molecular formula is C15H21NO3. The third-order valence-electron chi connectivity index (χ3n) is 4.02. The first kappa shape index (κ1) is 12.9. The third-order valence-corrected chi connectivity index (χ3v) is 4.02. The van der Waals surface area contributed by atoms with Crippen molar-refractivity contribution in [2.24, 2.45) is 5.92 Å². The Morgan fingerprint density at radius 2 is 2.16 bits per heavy atom. The van der Waals surface area contributed by atoms with E-state index in [2.05, 4.69) is 24.5 Å². The van der Waals surface area contributed by atoms with Crippen LogP contribution >= 0.6 is 0 Å². The van der Waals surface area contributed by atoms with Gasteiger partial charge in [-0.05, 0) is 24.1 Å². The van der Waals surface area contributed by atoms with Gasteiger partial charge >= 0.3 is 0 Å². The Labute approximate surface area is 114 Å². The van der Waals surface area contributed by atoms with Gasteiger partial charge in [-0.3, -0.25) is 0 Å². The number of benzene rings is 1. The molecular weight excluding hydrogens is 242 g/mol. The van der Waals surface area contributed by atoms with Crippen molar-refractivity contribution < 1.29 is 14.3 Å². The highest BCUT2D eigenvalue weighted by Gasteiger charge is 2.50. The molecule has 2 heterocycles. The maximum Gasteiger partial charge on any atom is 0.119 e. The smallest absolute Gasteiger partial charge is 0.119 e. The van der Waals surface area contributed by atoms with E-state index in [-0.39, 0.29) is 5.54 Å². The van der Waals surface area contributed by atoms with Crippen molar-refractivity contribution in [3.63, 3.8) is 0 Å². The molecule has 4 nitrogen and oxygen atoms in total. The van der Waals surface area contributed by atoms with Crippen LogP contribution in [0.15, 0.2) is 24.3 Å². The van der Waals surface area contributed by atoms with Gasteiger partial charge in [-0.1, -0.05) is 25.5 Å². The second-order valence-electron chi connectivity index (χ2n) is 5.32. The van der Waals surface area contributed by atoms with Crippen LogP contribution in [0, 0.1) is 5.92 Å². The van der Waals surface area contributed by atoms with Gasteiger partial charge in [0.1, 0.15) is 5.75 Å². The monoisotopic (exact) mass is 263 g/mol. The molecule has 19 heavy (non-hydrogen) atoms. The summed E-state index contributed by atoms with van der Waals surface area (Å²) < 4.78 is 11.3. The molecule has 0 radical (unpaired) electrons. The number of nitrogens with one attached hydrogen (secondary N) is 1. The summed E-state index contributed by atoms with van der Waals surface area (Å²) in [7, 11) is 0.